The van der Waals surface area contributed by atoms with Gasteiger partial charge in [-0.1, -0.05) is 26.3 Å². The second kappa shape index (κ2) is 4.94. The average molecular weight is 332 g/mol. The van der Waals surface area contributed by atoms with Crippen LogP contribution in [0.15, 0.2) is 11.6 Å². The molecule has 0 spiro atoms. The highest BCUT2D eigenvalue weighted by Crippen LogP contribution is 2.68. The van der Waals surface area contributed by atoms with E-state index in [1.807, 2.05) is 19.9 Å². The van der Waals surface area contributed by atoms with Gasteiger partial charge >= 0.3 is 0 Å². The minimum atomic E-state index is -0.806. The highest BCUT2D eigenvalue weighted by Gasteiger charge is 2.67. The van der Waals surface area contributed by atoms with Crippen molar-refractivity contribution in [2.24, 2.45) is 34.5 Å². The van der Waals surface area contributed by atoms with Crippen LogP contribution in [0.1, 0.15) is 66.2 Å². The van der Waals surface area contributed by atoms with Crippen LogP contribution in [0.5, 0.6) is 0 Å². The zero-order chi connectivity index (χ0) is 17.5. The van der Waals surface area contributed by atoms with Crippen molar-refractivity contribution < 1.29 is 15.0 Å². The lowest BCUT2D eigenvalue weighted by Crippen LogP contribution is -2.55. The summed E-state index contributed by atoms with van der Waals surface area (Å²) in [5.74, 6) is 1.36. The maximum atomic E-state index is 11.9. The first-order valence-electron chi connectivity index (χ1n) is 9.76. The second-order valence-electron chi connectivity index (χ2n) is 9.84. The fourth-order valence-electron chi connectivity index (χ4n) is 7.40. The molecule has 0 aromatic carbocycles. The van der Waals surface area contributed by atoms with Crippen LogP contribution in [0.3, 0.4) is 0 Å². The van der Waals surface area contributed by atoms with E-state index in [-0.39, 0.29) is 22.7 Å². The highest BCUT2D eigenvalue weighted by molar-refractivity contribution is 5.91. The first kappa shape index (κ1) is 16.8. The fraction of sp³-hybridized carbons (Fsp3) is 0.857. The number of hydrogen-bond acceptors (Lipinski definition) is 3. The van der Waals surface area contributed by atoms with Crippen molar-refractivity contribution in [2.45, 2.75) is 77.9 Å². The van der Waals surface area contributed by atoms with Gasteiger partial charge in [-0.2, -0.15) is 0 Å². The van der Waals surface area contributed by atoms with Crippen LogP contribution in [0.4, 0.5) is 0 Å². The van der Waals surface area contributed by atoms with Gasteiger partial charge in [-0.15, -0.1) is 0 Å². The van der Waals surface area contributed by atoms with E-state index in [9.17, 15) is 15.0 Å². The summed E-state index contributed by atoms with van der Waals surface area (Å²) in [7, 11) is 0. The lowest BCUT2D eigenvalue weighted by atomic mass is 9.46. The fourth-order valence-corrected chi connectivity index (χ4v) is 7.40. The minimum absolute atomic E-state index is 0.0797. The Morgan fingerprint density at radius 3 is 2.54 bits per heavy atom. The molecule has 3 heteroatoms. The molecule has 3 fully saturated rings. The Morgan fingerprint density at radius 2 is 1.83 bits per heavy atom. The molecule has 4 aliphatic rings. The van der Waals surface area contributed by atoms with Crippen LogP contribution in [0, 0.1) is 34.5 Å². The number of hydrogen-bond donors (Lipinski definition) is 2. The Kier molecular flexibility index (Phi) is 3.46. The summed E-state index contributed by atoms with van der Waals surface area (Å²) in [5, 5.41) is 22.2. The number of aliphatic hydroxyl groups excluding tert-OH is 1. The molecule has 0 amide bonds. The van der Waals surface area contributed by atoms with Crippen molar-refractivity contribution in [3.05, 3.63) is 11.6 Å². The summed E-state index contributed by atoms with van der Waals surface area (Å²) in [5.41, 5.74) is 0.492. The minimum Gasteiger partial charge on any atom is -0.392 e. The zero-order valence-corrected chi connectivity index (χ0v) is 15.5. The SMILES string of the molecule is CC1[C@H](O)[C@@]2(C)CC[C@H]3[C@@H](CCC4=CC(=O)CC[C@@]43C)[C@@H]2C1(C)O. The highest BCUT2D eigenvalue weighted by atomic mass is 16.3. The molecule has 0 aromatic rings. The lowest BCUT2D eigenvalue weighted by molar-refractivity contribution is -0.128. The standard InChI is InChI=1S/C21H32O3/c1-12-18(23)20(3)10-8-16-15(17(20)21(12,4)24)6-5-13-11-14(22)7-9-19(13,16)2/h11-12,15-18,23-24H,5-10H2,1-4H3/t12?,15-,16+,17+,18+,19+,20+,21?/m1/s1. The molecule has 0 heterocycles. The van der Waals surface area contributed by atoms with Crippen molar-refractivity contribution in [3.63, 3.8) is 0 Å². The van der Waals surface area contributed by atoms with Crippen molar-refractivity contribution in [2.75, 3.05) is 0 Å². The van der Waals surface area contributed by atoms with Crippen LogP contribution in [0.25, 0.3) is 0 Å². The molecule has 0 aliphatic heterocycles. The van der Waals surface area contributed by atoms with Crippen LogP contribution in [-0.2, 0) is 4.79 Å². The molecule has 3 nitrogen and oxygen atoms in total. The van der Waals surface area contributed by atoms with E-state index in [1.54, 1.807) is 0 Å². The zero-order valence-electron chi connectivity index (χ0n) is 15.5. The van der Waals surface area contributed by atoms with Gasteiger partial charge in [0.1, 0.15) is 0 Å². The first-order chi connectivity index (χ1) is 11.1. The van der Waals surface area contributed by atoms with E-state index in [0.717, 1.165) is 32.1 Å². The van der Waals surface area contributed by atoms with Crippen LogP contribution >= 0.6 is 0 Å². The molecule has 3 saturated carbocycles. The number of fused-ring (bicyclic) bond motifs is 5. The summed E-state index contributed by atoms with van der Waals surface area (Å²) < 4.78 is 0. The Morgan fingerprint density at radius 1 is 1.12 bits per heavy atom. The topological polar surface area (TPSA) is 57.5 Å². The van der Waals surface area contributed by atoms with Crippen molar-refractivity contribution in [1.29, 1.82) is 0 Å². The third kappa shape index (κ3) is 1.89. The van der Waals surface area contributed by atoms with Gasteiger partial charge in [-0.25, -0.2) is 0 Å². The molecule has 8 atom stereocenters. The van der Waals surface area contributed by atoms with Gasteiger partial charge in [-0.3, -0.25) is 4.79 Å². The van der Waals surface area contributed by atoms with E-state index in [1.165, 1.54) is 5.57 Å². The number of carbonyl (C=O) groups excluding carboxylic acids is 1. The average Bonchev–Trinajstić information content (AvgIpc) is 2.66. The Labute approximate surface area is 145 Å². The number of rotatable bonds is 0. The van der Waals surface area contributed by atoms with E-state index in [2.05, 4.69) is 13.8 Å². The molecule has 0 radical (unpaired) electrons. The molecule has 0 aromatic heterocycles. The van der Waals surface area contributed by atoms with Crippen molar-refractivity contribution in [3.8, 4) is 0 Å². The van der Waals surface area contributed by atoms with Gasteiger partial charge in [0.15, 0.2) is 5.78 Å². The summed E-state index contributed by atoms with van der Waals surface area (Å²) in [4.78, 5) is 11.9. The molecular formula is C21H32O3. The van der Waals surface area contributed by atoms with Crippen molar-refractivity contribution in [1.82, 2.24) is 0 Å². The molecule has 2 unspecified atom stereocenters. The van der Waals surface area contributed by atoms with E-state index >= 15 is 0 Å². The maximum Gasteiger partial charge on any atom is 0.155 e. The quantitative estimate of drug-likeness (QED) is 0.714. The number of allylic oxidation sites excluding steroid dienone is 1. The van der Waals surface area contributed by atoms with Gasteiger partial charge in [0, 0.05) is 12.3 Å². The second-order valence-corrected chi connectivity index (χ2v) is 9.84. The number of aliphatic hydroxyl groups is 2. The molecule has 4 aliphatic carbocycles. The van der Waals surface area contributed by atoms with Crippen LogP contribution < -0.4 is 0 Å². The van der Waals surface area contributed by atoms with E-state index < -0.39 is 11.7 Å². The van der Waals surface area contributed by atoms with Gasteiger partial charge in [-0.05, 0) is 73.7 Å². The van der Waals surface area contributed by atoms with Crippen molar-refractivity contribution >= 4 is 5.78 Å². The van der Waals surface area contributed by atoms with E-state index in [4.69, 9.17) is 0 Å². The molecule has 24 heavy (non-hydrogen) atoms. The lowest BCUT2D eigenvalue weighted by Gasteiger charge is -2.59. The predicted octanol–water partition coefficient (Wildman–Crippen LogP) is 3.49. The first-order valence-corrected chi connectivity index (χ1v) is 9.76. The van der Waals surface area contributed by atoms with Crippen LogP contribution in [0.2, 0.25) is 0 Å². The third-order valence-electron chi connectivity index (χ3n) is 8.88. The normalized spacial score (nSPS) is 57.0. The monoisotopic (exact) mass is 332 g/mol. The molecule has 0 bridgehead atoms. The number of carbonyl (C=O) groups is 1. The molecule has 4 rings (SSSR count). The van der Waals surface area contributed by atoms with Gasteiger partial charge in [0.25, 0.3) is 0 Å². The van der Waals surface area contributed by atoms with Crippen LogP contribution in [-0.4, -0.2) is 27.7 Å². The smallest absolute Gasteiger partial charge is 0.155 e. The third-order valence-corrected chi connectivity index (χ3v) is 8.88. The van der Waals surface area contributed by atoms with Gasteiger partial charge in [0.2, 0.25) is 0 Å². The number of ketones is 1. The largest absolute Gasteiger partial charge is 0.392 e. The predicted molar refractivity (Wildman–Crippen MR) is 93.3 cm³/mol. The summed E-state index contributed by atoms with van der Waals surface area (Å²) in [6.45, 7) is 8.53. The molecule has 2 N–H and O–H groups in total. The Hall–Kier alpha value is -0.670. The molecule has 134 valence electrons. The Bertz CT molecular complexity index is 606. The van der Waals surface area contributed by atoms with E-state index in [0.29, 0.717) is 24.0 Å². The molecule has 0 saturated heterocycles. The summed E-state index contributed by atoms with van der Waals surface area (Å²) in [6.07, 6.45) is 7.26. The maximum absolute atomic E-state index is 11.9. The Balaban J connectivity index is 1.76. The molecular weight excluding hydrogens is 300 g/mol. The summed E-state index contributed by atoms with van der Waals surface area (Å²) >= 11 is 0. The van der Waals surface area contributed by atoms with Gasteiger partial charge < -0.3 is 10.2 Å². The summed E-state index contributed by atoms with van der Waals surface area (Å²) in [6, 6.07) is 0. The van der Waals surface area contributed by atoms with Gasteiger partial charge in [0.05, 0.1) is 11.7 Å².